The Morgan fingerprint density at radius 1 is 0.950 bits per heavy atom. The zero-order chi connectivity index (χ0) is 13.9. The van der Waals surface area contributed by atoms with Gasteiger partial charge in [-0.1, -0.05) is 26.2 Å². The molecule has 3 aliphatic rings. The van der Waals surface area contributed by atoms with Gasteiger partial charge >= 0.3 is 0 Å². The average molecular weight is 278 g/mol. The minimum Gasteiger partial charge on any atom is -0.314 e. The first-order chi connectivity index (χ1) is 9.76. The van der Waals surface area contributed by atoms with Gasteiger partial charge in [0.1, 0.15) is 0 Å². The summed E-state index contributed by atoms with van der Waals surface area (Å²) in [6.07, 6.45) is 11.9. The molecule has 3 rings (SSSR count). The Hall–Kier alpha value is -0.0800. The molecule has 3 aliphatic carbocycles. The number of rotatable bonds is 6. The van der Waals surface area contributed by atoms with Crippen LogP contribution in [0.4, 0.5) is 0 Å². The molecule has 0 aliphatic heterocycles. The monoisotopic (exact) mass is 278 g/mol. The number of fused-ring (bicyclic) bond motifs is 2. The van der Waals surface area contributed by atoms with Crippen molar-refractivity contribution >= 4 is 0 Å². The van der Waals surface area contributed by atoms with E-state index in [1.54, 1.807) is 6.42 Å². The van der Waals surface area contributed by atoms with Crippen molar-refractivity contribution in [2.75, 3.05) is 26.7 Å². The number of hydrogen-bond acceptors (Lipinski definition) is 2. The first kappa shape index (κ1) is 14.8. The summed E-state index contributed by atoms with van der Waals surface area (Å²) in [5.74, 6) is 4.10. The van der Waals surface area contributed by atoms with Crippen molar-refractivity contribution < 1.29 is 0 Å². The van der Waals surface area contributed by atoms with E-state index in [4.69, 9.17) is 0 Å². The molecule has 0 aromatic carbocycles. The fraction of sp³-hybridized carbons (Fsp3) is 1.00. The first-order valence-electron chi connectivity index (χ1n) is 9.18. The lowest BCUT2D eigenvalue weighted by molar-refractivity contribution is 0.157. The maximum Gasteiger partial charge on any atom is 0.0107 e. The molecule has 20 heavy (non-hydrogen) atoms. The van der Waals surface area contributed by atoms with E-state index in [-0.39, 0.29) is 0 Å². The fourth-order valence-corrected chi connectivity index (χ4v) is 5.43. The number of nitrogens with zero attached hydrogens (tertiary/aromatic N) is 1. The first-order valence-corrected chi connectivity index (χ1v) is 9.18. The Morgan fingerprint density at radius 3 is 2.45 bits per heavy atom. The second kappa shape index (κ2) is 6.79. The van der Waals surface area contributed by atoms with Gasteiger partial charge in [-0.3, -0.25) is 0 Å². The van der Waals surface area contributed by atoms with Crippen LogP contribution in [0.1, 0.15) is 58.3 Å². The molecule has 5 unspecified atom stereocenters. The van der Waals surface area contributed by atoms with Crippen molar-refractivity contribution in [2.24, 2.45) is 23.7 Å². The zero-order valence-electron chi connectivity index (χ0n) is 13.6. The van der Waals surface area contributed by atoms with Gasteiger partial charge in [-0.2, -0.15) is 0 Å². The molecule has 2 nitrogen and oxygen atoms in total. The molecule has 5 atom stereocenters. The summed E-state index contributed by atoms with van der Waals surface area (Å²) in [7, 11) is 2.38. The Labute approximate surface area is 125 Å². The summed E-state index contributed by atoms with van der Waals surface area (Å²) in [6.45, 7) is 6.09. The summed E-state index contributed by atoms with van der Waals surface area (Å²) in [5, 5.41) is 3.73. The molecule has 2 heteroatoms. The normalized spacial score (nSPS) is 40.6. The highest BCUT2D eigenvalue weighted by atomic mass is 15.1. The van der Waals surface area contributed by atoms with Crippen molar-refractivity contribution in [3.8, 4) is 0 Å². The second-order valence-electron chi connectivity index (χ2n) is 7.86. The van der Waals surface area contributed by atoms with Gasteiger partial charge in [0, 0.05) is 19.1 Å². The van der Waals surface area contributed by atoms with Crippen molar-refractivity contribution in [3.05, 3.63) is 0 Å². The predicted molar refractivity (Wildman–Crippen MR) is 85.9 cm³/mol. The molecule has 0 aromatic heterocycles. The summed E-state index contributed by atoms with van der Waals surface area (Å²) in [6, 6.07) is 0.788. The van der Waals surface area contributed by atoms with E-state index in [1.807, 2.05) is 0 Å². The van der Waals surface area contributed by atoms with E-state index < -0.39 is 0 Å². The van der Waals surface area contributed by atoms with E-state index in [0.29, 0.717) is 0 Å². The molecule has 0 amide bonds. The molecule has 0 heterocycles. The van der Waals surface area contributed by atoms with Crippen LogP contribution in [-0.4, -0.2) is 37.6 Å². The molecule has 3 saturated carbocycles. The molecule has 2 bridgehead atoms. The van der Waals surface area contributed by atoms with E-state index in [9.17, 15) is 0 Å². The van der Waals surface area contributed by atoms with Crippen LogP contribution >= 0.6 is 0 Å². The van der Waals surface area contributed by atoms with Gasteiger partial charge in [-0.15, -0.1) is 0 Å². The van der Waals surface area contributed by atoms with Crippen LogP contribution < -0.4 is 5.32 Å². The smallest absolute Gasteiger partial charge is 0.0107 e. The summed E-state index contributed by atoms with van der Waals surface area (Å²) in [5.41, 5.74) is 0. The highest BCUT2D eigenvalue weighted by Gasteiger charge is 2.39. The lowest BCUT2D eigenvalue weighted by atomic mass is 9.83. The lowest BCUT2D eigenvalue weighted by Gasteiger charge is -2.36. The van der Waals surface area contributed by atoms with Gasteiger partial charge < -0.3 is 10.2 Å². The SMILES string of the molecule is CCNC1CCCCC1CN(C)CC1CC2CCC1C2. The largest absolute Gasteiger partial charge is 0.314 e. The molecule has 0 radical (unpaired) electrons. The fourth-order valence-electron chi connectivity index (χ4n) is 5.43. The third-order valence-corrected chi connectivity index (χ3v) is 6.35. The zero-order valence-corrected chi connectivity index (χ0v) is 13.6. The molecule has 116 valence electrons. The topological polar surface area (TPSA) is 15.3 Å². The Morgan fingerprint density at radius 2 is 1.75 bits per heavy atom. The predicted octanol–water partition coefficient (Wildman–Crippen LogP) is 3.52. The van der Waals surface area contributed by atoms with Gasteiger partial charge in [0.05, 0.1) is 0 Å². The summed E-state index contributed by atoms with van der Waals surface area (Å²) >= 11 is 0. The molecular formula is C18H34N2. The molecule has 1 N–H and O–H groups in total. The van der Waals surface area contributed by atoms with E-state index in [1.165, 1.54) is 58.0 Å². The van der Waals surface area contributed by atoms with Gasteiger partial charge in [0.25, 0.3) is 0 Å². The third-order valence-electron chi connectivity index (χ3n) is 6.35. The Kier molecular flexibility index (Phi) is 5.04. The average Bonchev–Trinajstić information content (AvgIpc) is 3.03. The van der Waals surface area contributed by atoms with Crippen molar-refractivity contribution in [1.82, 2.24) is 10.2 Å². The van der Waals surface area contributed by atoms with Crippen LogP contribution in [0.15, 0.2) is 0 Å². The quantitative estimate of drug-likeness (QED) is 0.799. The van der Waals surface area contributed by atoms with E-state index in [0.717, 1.165) is 36.3 Å². The van der Waals surface area contributed by atoms with Crippen LogP contribution in [0.3, 0.4) is 0 Å². The van der Waals surface area contributed by atoms with Gasteiger partial charge in [-0.25, -0.2) is 0 Å². The van der Waals surface area contributed by atoms with Gasteiger partial charge in [-0.05, 0) is 69.4 Å². The van der Waals surface area contributed by atoms with E-state index in [2.05, 4.69) is 24.2 Å². The molecule has 0 spiro atoms. The van der Waals surface area contributed by atoms with Crippen LogP contribution in [0.5, 0.6) is 0 Å². The third kappa shape index (κ3) is 3.39. The van der Waals surface area contributed by atoms with E-state index >= 15 is 0 Å². The number of nitrogens with one attached hydrogen (secondary N) is 1. The summed E-state index contributed by atoms with van der Waals surface area (Å²) in [4.78, 5) is 2.67. The van der Waals surface area contributed by atoms with Gasteiger partial charge in [0.2, 0.25) is 0 Å². The maximum atomic E-state index is 3.73. The molecule has 0 saturated heterocycles. The van der Waals surface area contributed by atoms with Gasteiger partial charge in [0.15, 0.2) is 0 Å². The Balaban J connectivity index is 1.46. The minimum absolute atomic E-state index is 0.788. The van der Waals surface area contributed by atoms with Crippen LogP contribution in [-0.2, 0) is 0 Å². The minimum atomic E-state index is 0.788. The standard InChI is InChI=1S/C18H34N2/c1-3-19-18-7-5-4-6-16(18)12-20(2)13-17-11-14-8-9-15(17)10-14/h14-19H,3-13H2,1-2H3. The molecular weight excluding hydrogens is 244 g/mol. The lowest BCUT2D eigenvalue weighted by Crippen LogP contribution is -2.44. The summed E-state index contributed by atoms with van der Waals surface area (Å²) < 4.78 is 0. The maximum absolute atomic E-state index is 3.73. The molecule has 3 fully saturated rings. The number of hydrogen-bond donors (Lipinski definition) is 1. The van der Waals surface area contributed by atoms with Crippen molar-refractivity contribution in [1.29, 1.82) is 0 Å². The van der Waals surface area contributed by atoms with Crippen LogP contribution in [0, 0.1) is 23.7 Å². The van der Waals surface area contributed by atoms with Crippen LogP contribution in [0.25, 0.3) is 0 Å². The van der Waals surface area contributed by atoms with Crippen LogP contribution in [0.2, 0.25) is 0 Å². The molecule has 0 aromatic rings. The highest BCUT2D eigenvalue weighted by Crippen LogP contribution is 2.48. The second-order valence-corrected chi connectivity index (χ2v) is 7.86. The Bertz CT molecular complexity index is 302. The van der Waals surface area contributed by atoms with Crippen molar-refractivity contribution in [3.63, 3.8) is 0 Å². The highest BCUT2D eigenvalue weighted by molar-refractivity contribution is 4.91. The van der Waals surface area contributed by atoms with Crippen molar-refractivity contribution in [2.45, 2.75) is 64.3 Å².